The summed E-state index contributed by atoms with van der Waals surface area (Å²) in [5.41, 5.74) is 17.5. The molecule has 1 aliphatic heterocycles. The predicted molar refractivity (Wildman–Crippen MR) is 135 cm³/mol. The molecule has 1 aliphatic rings. The number of nitrogens with one attached hydrogen (secondary N) is 1. The summed E-state index contributed by atoms with van der Waals surface area (Å²) in [5, 5.41) is 13.1. The van der Waals surface area contributed by atoms with Crippen LogP contribution >= 0.6 is 0 Å². The molecule has 1 aromatic carbocycles. The highest BCUT2D eigenvalue weighted by Crippen LogP contribution is 2.34. The topological polar surface area (TPSA) is 161 Å². The highest BCUT2D eigenvalue weighted by molar-refractivity contribution is 5.73. The lowest BCUT2D eigenvalue weighted by Crippen LogP contribution is -2.63. The fourth-order valence-electron chi connectivity index (χ4n) is 4.48. The first kappa shape index (κ1) is 27.1. The van der Waals surface area contributed by atoms with Crippen LogP contribution in [0.1, 0.15) is 18.4 Å². The lowest BCUT2D eigenvalue weighted by molar-refractivity contribution is -0.0529. The molecule has 0 aliphatic carbocycles. The van der Waals surface area contributed by atoms with Gasteiger partial charge in [-0.25, -0.2) is 27.5 Å². The Labute approximate surface area is 215 Å². The molecular weight excluding hydrogens is 508 g/mol. The van der Waals surface area contributed by atoms with Crippen LogP contribution < -0.4 is 32.2 Å². The Morgan fingerprint density at radius 2 is 1.92 bits per heavy atom. The molecule has 0 bridgehead atoms. The van der Waals surface area contributed by atoms with Gasteiger partial charge >= 0.3 is 0 Å². The van der Waals surface area contributed by atoms with E-state index in [0.29, 0.717) is 24.2 Å². The molecule has 204 valence electrons. The number of aromatic nitrogens is 3. The van der Waals surface area contributed by atoms with Crippen LogP contribution in [0.5, 0.6) is 5.75 Å². The molecule has 8 N–H and O–H groups in total. The number of aliphatic hydroxyl groups excluding tert-OH is 1. The molecule has 1 fully saturated rings. The zero-order chi connectivity index (χ0) is 27.6. The van der Waals surface area contributed by atoms with Crippen molar-refractivity contribution in [3.05, 3.63) is 47.9 Å². The first-order valence-electron chi connectivity index (χ1n) is 11.7. The minimum absolute atomic E-state index is 0.0667. The van der Waals surface area contributed by atoms with Crippen molar-refractivity contribution in [2.24, 2.45) is 5.73 Å². The number of anilines is 4. The van der Waals surface area contributed by atoms with E-state index < -0.39 is 29.7 Å². The lowest BCUT2D eigenvalue weighted by Gasteiger charge is -2.44. The average Bonchev–Trinajstić information content (AvgIpc) is 2.90. The quantitative estimate of drug-likeness (QED) is 0.271. The van der Waals surface area contributed by atoms with Crippen molar-refractivity contribution in [3.63, 3.8) is 0 Å². The minimum atomic E-state index is -3.01. The first-order chi connectivity index (χ1) is 18.0. The van der Waals surface area contributed by atoms with E-state index in [2.05, 4.69) is 20.3 Å². The second-order valence-corrected chi connectivity index (χ2v) is 9.08. The summed E-state index contributed by atoms with van der Waals surface area (Å²) in [7, 11) is 1.22. The van der Waals surface area contributed by atoms with Gasteiger partial charge in [-0.15, -0.1) is 0 Å². The smallest absolute Gasteiger partial charge is 0.265 e. The van der Waals surface area contributed by atoms with E-state index in [1.165, 1.54) is 25.7 Å². The van der Waals surface area contributed by atoms with E-state index >= 15 is 0 Å². The van der Waals surface area contributed by atoms with Crippen LogP contribution in [0.15, 0.2) is 30.7 Å². The number of pyridine rings is 1. The highest BCUT2D eigenvalue weighted by Gasteiger charge is 2.43. The summed E-state index contributed by atoms with van der Waals surface area (Å²) in [6.45, 7) is 0.426. The van der Waals surface area contributed by atoms with Gasteiger partial charge in [0, 0.05) is 31.3 Å². The van der Waals surface area contributed by atoms with Gasteiger partial charge in [0.25, 0.3) is 6.43 Å². The summed E-state index contributed by atoms with van der Waals surface area (Å²) >= 11 is 0. The maximum atomic E-state index is 14.8. The van der Waals surface area contributed by atoms with Crippen LogP contribution in [0.2, 0.25) is 0 Å². The number of nitrogen functional groups attached to an aromatic ring is 2. The summed E-state index contributed by atoms with van der Waals surface area (Å²) < 4.78 is 60.7. The fourth-order valence-corrected chi connectivity index (χ4v) is 4.48. The van der Waals surface area contributed by atoms with Crippen LogP contribution in [0.25, 0.3) is 11.3 Å². The van der Waals surface area contributed by atoms with E-state index in [9.17, 15) is 22.7 Å². The third-order valence-electron chi connectivity index (χ3n) is 6.57. The minimum Gasteiger partial charge on any atom is -0.494 e. The van der Waals surface area contributed by atoms with Crippen molar-refractivity contribution in [3.8, 4) is 17.0 Å². The maximum Gasteiger partial charge on any atom is 0.265 e. The average molecular weight is 537 g/mol. The molecule has 0 unspecified atom stereocenters. The number of alkyl halides is 2. The summed E-state index contributed by atoms with van der Waals surface area (Å²) in [6, 6.07) is 3.42. The van der Waals surface area contributed by atoms with Gasteiger partial charge < -0.3 is 37.3 Å². The molecule has 3 aromatic rings. The first-order valence-corrected chi connectivity index (χ1v) is 11.7. The number of halogens is 4. The number of aliphatic hydroxyl groups is 1. The van der Waals surface area contributed by atoms with Gasteiger partial charge in [-0.05, 0) is 30.5 Å². The number of hydrogen-bond acceptors (Lipinski definition) is 10. The number of nitrogens with zero attached hydrogens (tertiary/aromatic N) is 4. The van der Waals surface area contributed by atoms with Crippen molar-refractivity contribution in [1.82, 2.24) is 15.0 Å². The van der Waals surface area contributed by atoms with Crippen LogP contribution in [0.3, 0.4) is 0 Å². The Bertz CT molecular complexity index is 1310. The molecule has 0 radical (unpaired) electrons. The third-order valence-corrected chi connectivity index (χ3v) is 6.57. The normalized spacial score (nSPS) is 18.5. The number of methoxy groups -OCH3 is 1. The number of nitrogens with two attached hydrogens (primary N) is 3. The molecule has 3 heterocycles. The van der Waals surface area contributed by atoms with Gasteiger partial charge in [0.1, 0.15) is 23.9 Å². The zero-order valence-electron chi connectivity index (χ0n) is 20.5. The van der Waals surface area contributed by atoms with E-state index in [1.54, 1.807) is 4.90 Å². The van der Waals surface area contributed by atoms with Crippen molar-refractivity contribution < 1.29 is 27.4 Å². The van der Waals surface area contributed by atoms with Crippen LogP contribution in [0.4, 0.5) is 40.6 Å². The number of rotatable bonds is 8. The molecule has 0 spiro atoms. The maximum absolute atomic E-state index is 14.8. The largest absolute Gasteiger partial charge is 0.494 e. The second-order valence-electron chi connectivity index (χ2n) is 9.08. The Hall–Kier alpha value is -3.91. The molecule has 4 rings (SSSR count). The van der Waals surface area contributed by atoms with E-state index in [1.807, 2.05) is 0 Å². The lowest BCUT2D eigenvalue weighted by atomic mass is 9.84. The van der Waals surface area contributed by atoms with Gasteiger partial charge in [0.2, 0.25) is 0 Å². The molecule has 2 aromatic heterocycles. The Kier molecular flexibility index (Phi) is 7.73. The summed E-state index contributed by atoms with van der Waals surface area (Å²) in [6.07, 6.45) is -1.77. The molecular formula is C24H28F4N8O2. The number of ether oxygens (including phenoxy) is 1. The van der Waals surface area contributed by atoms with E-state index in [0.717, 1.165) is 12.1 Å². The Morgan fingerprint density at radius 1 is 1.16 bits per heavy atom. The monoisotopic (exact) mass is 536 g/mol. The molecule has 38 heavy (non-hydrogen) atoms. The second kappa shape index (κ2) is 10.8. The Balaban J connectivity index is 1.74. The van der Waals surface area contributed by atoms with Crippen LogP contribution in [-0.4, -0.2) is 58.3 Å². The standard InChI is InChI=1S/C24H28F4N8O2/c1-38-18-7-14(25)13(6-15(18)26)16-5-12(8-33-23-19(29)22(30)34-11-35-23)17(9-32-16)36-4-2-3-24(31,10-36)20(37)21(27)28/h5-7,9,11,20-21,37H,2-4,8,10,29,31H2,1H3,(H3,30,33,34,35)/t20-,24+/m0/s1. The van der Waals surface area contributed by atoms with Crippen molar-refractivity contribution in [1.29, 1.82) is 0 Å². The van der Waals surface area contributed by atoms with Gasteiger partial charge in [-0.3, -0.25) is 4.98 Å². The summed E-state index contributed by atoms with van der Waals surface area (Å²) in [5.74, 6) is -1.48. The third kappa shape index (κ3) is 5.36. The van der Waals surface area contributed by atoms with E-state index in [4.69, 9.17) is 21.9 Å². The molecule has 2 atom stereocenters. The molecule has 0 amide bonds. The van der Waals surface area contributed by atoms with Crippen molar-refractivity contribution in [2.75, 3.05) is 41.9 Å². The van der Waals surface area contributed by atoms with Gasteiger partial charge in [-0.2, -0.15) is 0 Å². The molecule has 1 saturated heterocycles. The zero-order valence-corrected chi connectivity index (χ0v) is 20.5. The SMILES string of the molecule is COc1cc(F)c(-c2cc(CNc3ncnc(N)c3N)c(N3CCC[C@](N)([C@@H](O)C(F)F)C3)cn2)cc1F. The Morgan fingerprint density at radius 3 is 2.63 bits per heavy atom. The number of piperidine rings is 1. The number of benzene rings is 1. The van der Waals surface area contributed by atoms with Crippen LogP contribution in [-0.2, 0) is 6.54 Å². The van der Waals surface area contributed by atoms with E-state index in [-0.39, 0.29) is 53.8 Å². The molecule has 14 heteroatoms. The van der Waals surface area contributed by atoms with Gasteiger partial charge in [-0.1, -0.05) is 0 Å². The molecule has 0 saturated carbocycles. The summed E-state index contributed by atoms with van der Waals surface area (Å²) in [4.78, 5) is 13.9. The van der Waals surface area contributed by atoms with Gasteiger partial charge in [0.05, 0.1) is 30.2 Å². The fraction of sp³-hybridized carbons (Fsp3) is 0.375. The van der Waals surface area contributed by atoms with Crippen molar-refractivity contribution >= 4 is 23.0 Å². The molecule has 10 nitrogen and oxygen atoms in total. The van der Waals surface area contributed by atoms with Gasteiger partial charge in [0.15, 0.2) is 23.2 Å². The number of hydrogen-bond donors (Lipinski definition) is 5. The highest BCUT2D eigenvalue weighted by atomic mass is 19.3. The predicted octanol–water partition coefficient (Wildman–Crippen LogP) is 2.53. The van der Waals surface area contributed by atoms with Crippen molar-refractivity contribution in [2.45, 2.75) is 37.5 Å². The van der Waals surface area contributed by atoms with Crippen LogP contribution in [0, 0.1) is 11.6 Å².